The lowest BCUT2D eigenvalue weighted by molar-refractivity contribution is -0.121. The van der Waals surface area contributed by atoms with Crippen molar-refractivity contribution in [3.05, 3.63) is 69.2 Å². The molecule has 0 atom stereocenters. The highest BCUT2D eigenvalue weighted by Gasteiger charge is 2.36. The van der Waals surface area contributed by atoms with Crippen LogP contribution >= 0.6 is 23.2 Å². The molecule has 126 valence electrons. The van der Waals surface area contributed by atoms with E-state index in [1.807, 2.05) is 0 Å². The van der Waals surface area contributed by atoms with Crippen LogP contribution in [0.15, 0.2) is 47.6 Å². The Morgan fingerprint density at radius 1 is 1.08 bits per heavy atom. The molecule has 0 spiro atoms. The SMILES string of the molecule is O=C(CN1C(=O)c2ccccc2C1=O)N/N=C/c1ccc(Cl)cc1Cl. The largest absolute Gasteiger partial charge is 0.271 e. The van der Waals surface area contributed by atoms with Crippen molar-refractivity contribution in [2.45, 2.75) is 0 Å². The van der Waals surface area contributed by atoms with Crippen LogP contribution < -0.4 is 5.43 Å². The number of nitrogens with zero attached hydrogens (tertiary/aromatic N) is 2. The number of halogens is 2. The first kappa shape index (κ1) is 17.1. The summed E-state index contributed by atoms with van der Waals surface area (Å²) in [5, 5.41) is 4.64. The van der Waals surface area contributed by atoms with Gasteiger partial charge in [-0.15, -0.1) is 0 Å². The van der Waals surface area contributed by atoms with Gasteiger partial charge in [0.2, 0.25) is 0 Å². The molecule has 1 N–H and O–H groups in total. The van der Waals surface area contributed by atoms with Crippen molar-refractivity contribution in [1.29, 1.82) is 0 Å². The van der Waals surface area contributed by atoms with Gasteiger partial charge < -0.3 is 0 Å². The number of amides is 3. The van der Waals surface area contributed by atoms with E-state index in [4.69, 9.17) is 23.2 Å². The fourth-order valence-electron chi connectivity index (χ4n) is 2.34. The molecule has 3 amide bonds. The first-order valence-corrected chi connectivity index (χ1v) is 7.95. The average molecular weight is 376 g/mol. The first-order chi connectivity index (χ1) is 12.0. The predicted molar refractivity (Wildman–Crippen MR) is 94.0 cm³/mol. The number of carbonyl (C=O) groups excluding carboxylic acids is 3. The third-order valence-electron chi connectivity index (χ3n) is 3.54. The summed E-state index contributed by atoms with van der Waals surface area (Å²) in [5.74, 6) is -1.60. The standard InChI is InChI=1S/C17H11Cl2N3O3/c18-11-6-5-10(14(19)7-11)8-20-21-15(23)9-22-16(24)12-3-1-2-4-13(12)17(22)25/h1-8H,9H2,(H,21,23)/b20-8+. The van der Waals surface area contributed by atoms with Gasteiger partial charge in [0, 0.05) is 10.6 Å². The van der Waals surface area contributed by atoms with E-state index >= 15 is 0 Å². The molecule has 0 fully saturated rings. The van der Waals surface area contributed by atoms with Gasteiger partial charge >= 0.3 is 0 Å². The van der Waals surface area contributed by atoms with Crippen LogP contribution in [0.4, 0.5) is 0 Å². The number of rotatable bonds is 4. The predicted octanol–water partition coefficient (Wildman–Crippen LogP) is 2.74. The van der Waals surface area contributed by atoms with Crippen molar-refractivity contribution < 1.29 is 14.4 Å². The molecule has 1 aliphatic rings. The second-order valence-corrected chi connectivity index (χ2v) is 6.04. The molecule has 8 heteroatoms. The van der Waals surface area contributed by atoms with Crippen LogP contribution in [0.5, 0.6) is 0 Å². The quantitative estimate of drug-likeness (QED) is 0.506. The van der Waals surface area contributed by atoms with Crippen molar-refractivity contribution in [2.75, 3.05) is 6.54 Å². The summed E-state index contributed by atoms with van der Waals surface area (Å²) in [6.45, 7) is -0.419. The van der Waals surface area contributed by atoms with Crippen molar-refractivity contribution in [2.24, 2.45) is 5.10 Å². The maximum Gasteiger partial charge on any atom is 0.262 e. The Hall–Kier alpha value is -2.70. The van der Waals surface area contributed by atoms with Crippen LogP contribution in [0.1, 0.15) is 26.3 Å². The average Bonchev–Trinajstić information content (AvgIpc) is 2.82. The lowest BCUT2D eigenvalue weighted by atomic mass is 10.1. The minimum absolute atomic E-state index is 0.289. The number of hydrogen-bond donors (Lipinski definition) is 1. The van der Waals surface area contributed by atoms with Crippen molar-refractivity contribution in [3.63, 3.8) is 0 Å². The molecule has 0 aliphatic carbocycles. The topological polar surface area (TPSA) is 78.8 Å². The summed E-state index contributed by atoms with van der Waals surface area (Å²) in [4.78, 5) is 37.2. The van der Waals surface area contributed by atoms with Gasteiger partial charge in [0.15, 0.2) is 0 Å². The number of hydrazone groups is 1. The van der Waals surface area contributed by atoms with E-state index in [0.717, 1.165) is 4.90 Å². The van der Waals surface area contributed by atoms with Crippen LogP contribution in [0.2, 0.25) is 10.0 Å². The molecule has 0 radical (unpaired) electrons. The highest BCUT2D eigenvalue weighted by Crippen LogP contribution is 2.22. The van der Waals surface area contributed by atoms with Crippen LogP contribution in [0.25, 0.3) is 0 Å². The van der Waals surface area contributed by atoms with Gasteiger partial charge in [-0.05, 0) is 24.3 Å². The molecule has 0 bridgehead atoms. The van der Waals surface area contributed by atoms with Gasteiger partial charge in [-0.1, -0.05) is 41.4 Å². The molecule has 0 aromatic heterocycles. The zero-order chi connectivity index (χ0) is 18.0. The maximum atomic E-state index is 12.2. The maximum absolute atomic E-state index is 12.2. The molecular formula is C17H11Cl2N3O3. The summed E-state index contributed by atoms with van der Waals surface area (Å²) in [6.07, 6.45) is 1.35. The second kappa shape index (κ2) is 7.04. The summed E-state index contributed by atoms with van der Waals surface area (Å²) >= 11 is 11.8. The lowest BCUT2D eigenvalue weighted by Crippen LogP contribution is -2.38. The molecule has 3 rings (SSSR count). The van der Waals surface area contributed by atoms with Gasteiger partial charge in [0.1, 0.15) is 6.54 Å². The number of nitrogens with one attached hydrogen (secondary N) is 1. The van der Waals surface area contributed by atoms with Gasteiger partial charge in [-0.2, -0.15) is 5.10 Å². The zero-order valence-corrected chi connectivity index (χ0v) is 14.2. The van der Waals surface area contributed by atoms with Gasteiger partial charge in [-0.3, -0.25) is 19.3 Å². The Morgan fingerprint density at radius 3 is 2.32 bits per heavy atom. The summed E-state index contributed by atoms with van der Waals surface area (Å²) in [7, 11) is 0. The Morgan fingerprint density at radius 2 is 1.72 bits per heavy atom. The van der Waals surface area contributed by atoms with Gasteiger partial charge in [0.05, 0.1) is 22.4 Å². The van der Waals surface area contributed by atoms with Gasteiger partial charge in [-0.25, -0.2) is 5.43 Å². The third kappa shape index (κ3) is 3.55. The van der Waals surface area contributed by atoms with Crippen molar-refractivity contribution in [3.8, 4) is 0 Å². The Labute approximate surface area is 153 Å². The number of carbonyl (C=O) groups is 3. The van der Waals surface area contributed by atoms with E-state index in [1.54, 1.807) is 42.5 Å². The zero-order valence-electron chi connectivity index (χ0n) is 12.7. The number of benzene rings is 2. The molecule has 25 heavy (non-hydrogen) atoms. The van der Waals surface area contributed by atoms with Gasteiger partial charge in [0.25, 0.3) is 17.7 Å². The fraction of sp³-hybridized carbons (Fsp3) is 0.0588. The summed E-state index contributed by atoms with van der Waals surface area (Å²) in [5.41, 5.74) is 3.40. The number of imide groups is 1. The second-order valence-electron chi connectivity index (χ2n) is 5.20. The molecular weight excluding hydrogens is 365 g/mol. The Balaban J connectivity index is 1.63. The number of hydrogen-bond acceptors (Lipinski definition) is 4. The van der Waals surface area contributed by atoms with E-state index in [1.165, 1.54) is 6.21 Å². The number of fused-ring (bicyclic) bond motifs is 1. The molecule has 0 saturated heterocycles. The molecule has 0 unspecified atom stereocenters. The lowest BCUT2D eigenvalue weighted by Gasteiger charge is -2.11. The van der Waals surface area contributed by atoms with E-state index in [-0.39, 0.29) is 11.1 Å². The molecule has 6 nitrogen and oxygen atoms in total. The smallest absolute Gasteiger partial charge is 0.262 e. The first-order valence-electron chi connectivity index (χ1n) is 7.19. The molecule has 1 heterocycles. The van der Waals surface area contributed by atoms with Crippen LogP contribution in [-0.4, -0.2) is 35.4 Å². The summed E-state index contributed by atoms with van der Waals surface area (Å²) < 4.78 is 0. The Kier molecular flexibility index (Phi) is 4.83. The molecule has 2 aromatic rings. The van der Waals surface area contributed by atoms with E-state index in [9.17, 15) is 14.4 Å². The van der Waals surface area contributed by atoms with E-state index in [2.05, 4.69) is 10.5 Å². The summed E-state index contributed by atoms with van der Waals surface area (Å²) in [6, 6.07) is 11.2. The minimum Gasteiger partial charge on any atom is -0.271 e. The highest BCUT2D eigenvalue weighted by atomic mass is 35.5. The normalized spacial score (nSPS) is 13.4. The minimum atomic E-state index is -0.601. The Bertz CT molecular complexity index is 877. The van der Waals surface area contributed by atoms with E-state index in [0.29, 0.717) is 15.6 Å². The van der Waals surface area contributed by atoms with Crippen molar-refractivity contribution >= 4 is 47.1 Å². The van der Waals surface area contributed by atoms with Crippen LogP contribution in [0, 0.1) is 0 Å². The van der Waals surface area contributed by atoms with E-state index < -0.39 is 24.3 Å². The van der Waals surface area contributed by atoms with Crippen molar-refractivity contribution in [1.82, 2.24) is 10.3 Å². The molecule has 1 aliphatic heterocycles. The highest BCUT2D eigenvalue weighted by molar-refractivity contribution is 6.36. The third-order valence-corrected chi connectivity index (χ3v) is 4.10. The molecule has 2 aromatic carbocycles. The van der Waals surface area contributed by atoms with Crippen LogP contribution in [0.3, 0.4) is 0 Å². The fourth-order valence-corrected chi connectivity index (χ4v) is 2.80. The van der Waals surface area contributed by atoms with Crippen LogP contribution in [-0.2, 0) is 4.79 Å². The molecule has 0 saturated carbocycles. The monoisotopic (exact) mass is 375 g/mol.